The molecule has 0 aliphatic heterocycles. The van der Waals surface area contributed by atoms with E-state index in [0.717, 1.165) is 0 Å². The molecule has 6 nitrogen and oxygen atoms in total. The number of nitrogens with one attached hydrogen (secondary N) is 2. The number of carbonyl (C=O) groups is 2. The predicted molar refractivity (Wildman–Crippen MR) is 65.2 cm³/mol. The third kappa shape index (κ3) is 4.21. The first kappa shape index (κ1) is 14.2. The zero-order valence-corrected chi connectivity index (χ0v) is 10.7. The summed E-state index contributed by atoms with van der Waals surface area (Å²) in [6.07, 6.45) is 1.18. The minimum absolute atomic E-state index is 0.0870. The Morgan fingerprint density at radius 3 is 2.56 bits per heavy atom. The van der Waals surface area contributed by atoms with Crippen molar-refractivity contribution in [3.05, 3.63) is 23.7 Å². The van der Waals surface area contributed by atoms with Crippen molar-refractivity contribution in [1.29, 1.82) is 0 Å². The fraction of sp³-hybridized carbons (Fsp3) is 0.500. The van der Waals surface area contributed by atoms with Crippen LogP contribution in [0.2, 0.25) is 0 Å². The van der Waals surface area contributed by atoms with E-state index in [0.29, 0.717) is 12.3 Å². The first-order valence-corrected chi connectivity index (χ1v) is 5.74. The average Bonchev–Trinajstić information content (AvgIpc) is 2.73. The lowest BCUT2D eigenvalue weighted by molar-refractivity contribution is -0.123. The monoisotopic (exact) mass is 254 g/mol. The lowest BCUT2D eigenvalue weighted by Crippen LogP contribution is -2.44. The molecule has 100 valence electrons. The van der Waals surface area contributed by atoms with Crippen molar-refractivity contribution in [2.24, 2.45) is 0 Å². The van der Waals surface area contributed by atoms with Gasteiger partial charge in [-0.25, -0.2) is 4.79 Å². The van der Waals surface area contributed by atoms with Crippen LogP contribution in [0, 0.1) is 0 Å². The van der Waals surface area contributed by atoms with Gasteiger partial charge < -0.3 is 14.8 Å². The van der Waals surface area contributed by atoms with Crippen LogP contribution >= 0.6 is 0 Å². The van der Waals surface area contributed by atoms with E-state index in [2.05, 4.69) is 10.6 Å². The molecule has 0 aromatic carbocycles. The number of carboxylic acids is 1. The number of carbonyl (C=O) groups excluding carboxylic acids is 1. The van der Waals surface area contributed by atoms with Gasteiger partial charge in [0.1, 0.15) is 12.0 Å². The van der Waals surface area contributed by atoms with Gasteiger partial charge in [-0.2, -0.15) is 0 Å². The van der Waals surface area contributed by atoms with Gasteiger partial charge in [0.05, 0.1) is 18.2 Å². The van der Waals surface area contributed by atoms with Gasteiger partial charge in [0.2, 0.25) is 5.91 Å². The van der Waals surface area contributed by atoms with Crippen LogP contribution in [0.25, 0.3) is 0 Å². The highest BCUT2D eigenvalue weighted by molar-refractivity contribution is 5.87. The Balaban J connectivity index is 2.44. The van der Waals surface area contributed by atoms with E-state index < -0.39 is 5.97 Å². The number of amides is 1. The summed E-state index contributed by atoms with van der Waals surface area (Å²) in [6, 6.07) is 1.15. The van der Waals surface area contributed by atoms with Crippen LogP contribution in [0.15, 0.2) is 16.7 Å². The molecule has 1 atom stereocenters. The third-order valence-electron chi connectivity index (χ3n) is 2.31. The Labute approximate surface area is 105 Å². The van der Waals surface area contributed by atoms with Crippen LogP contribution in [0.1, 0.15) is 36.9 Å². The summed E-state index contributed by atoms with van der Waals surface area (Å²) in [5.41, 5.74) is 0.103. The molecule has 6 heteroatoms. The van der Waals surface area contributed by atoms with Crippen LogP contribution in [0.4, 0.5) is 0 Å². The molecule has 0 aliphatic rings. The van der Waals surface area contributed by atoms with Crippen LogP contribution in [0.3, 0.4) is 0 Å². The fourth-order valence-corrected chi connectivity index (χ4v) is 1.34. The largest absolute Gasteiger partial charge is 0.478 e. The maximum Gasteiger partial charge on any atom is 0.338 e. The first-order valence-electron chi connectivity index (χ1n) is 5.74. The van der Waals surface area contributed by atoms with Gasteiger partial charge in [0.15, 0.2) is 0 Å². The van der Waals surface area contributed by atoms with E-state index >= 15 is 0 Å². The Bertz CT molecular complexity index is 425. The van der Waals surface area contributed by atoms with E-state index in [4.69, 9.17) is 9.52 Å². The number of aromatic carboxylic acids is 1. The van der Waals surface area contributed by atoms with Crippen LogP contribution < -0.4 is 10.6 Å². The topological polar surface area (TPSA) is 91.6 Å². The maximum atomic E-state index is 11.6. The minimum atomic E-state index is -1.03. The average molecular weight is 254 g/mol. The van der Waals surface area contributed by atoms with E-state index in [1.165, 1.54) is 12.3 Å². The Kier molecular flexibility index (Phi) is 4.91. The molecule has 1 rings (SSSR count). The Hall–Kier alpha value is -1.82. The molecule has 1 heterocycles. The summed E-state index contributed by atoms with van der Waals surface area (Å²) in [4.78, 5) is 22.2. The molecular formula is C12H18N2O4. The molecule has 0 radical (unpaired) electrons. The van der Waals surface area contributed by atoms with E-state index in [1.54, 1.807) is 6.92 Å². The predicted octanol–water partition coefficient (Wildman–Crippen LogP) is 0.980. The number of hydrogen-bond donors (Lipinski definition) is 3. The van der Waals surface area contributed by atoms with Gasteiger partial charge in [-0.1, -0.05) is 0 Å². The van der Waals surface area contributed by atoms with Gasteiger partial charge in [-0.05, 0) is 26.8 Å². The standard InChI is InChI=1S/C12H18N2O4/c1-7(2)14-11(15)8(3)13-5-10-4-9(6-18-10)12(16)17/h4,6-8,13H,5H2,1-3H3,(H,14,15)(H,16,17). The summed E-state index contributed by atoms with van der Waals surface area (Å²) in [7, 11) is 0. The van der Waals surface area contributed by atoms with Crippen molar-refractivity contribution in [2.45, 2.75) is 39.4 Å². The van der Waals surface area contributed by atoms with Gasteiger partial charge in [-0.15, -0.1) is 0 Å². The highest BCUT2D eigenvalue weighted by atomic mass is 16.4. The first-order chi connectivity index (χ1) is 8.40. The van der Waals surface area contributed by atoms with Gasteiger partial charge in [-0.3, -0.25) is 10.1 Å². The highest BCUT2D eigenvalue weighted by Gasteiger charge is 2.14. The molecule has 18 heavy (non-hydrogen) atoms. The summed E-state index contributed by atoms with van der Waals surface area (Å²) in [5.74, 6) is -0.651. The van der Waals surface area contributed by atoms with Crippen molar-refractivity contribution in [1.82, 2.24) is 10.6 Å². The van der Waals surface area contributed by atoms with E-state index in [-0.39, 0.29) is 23.6 Å². The highest BCUT2D eigenvalue weighted by Crippen LogP contribution is 2.07. The van der Waals surface area contributed by atoms with Gasteiger partial charge in [0.25, 0.3) is 0 Å². The maximum absolute atomic E-state index is 11.6. The van der Waals surface area contributed by atoms with Crippen molar-refractivity contribution >= 4 is 11.9 Å². The molecule has 1 aromatic heterocycles. The molecular weight excluding hydrogens is 236 g/mol. The molecule has 3 N–H and O–H groups in total. The lowest BCUT2D eigenvalue weighted by atomic mass is 10.2. The summed E-state index contributed by atoms with van der Waals surface area (Å²) < 4.78 is 5.06. The minimum Gasteiger partial charge on any atom is -0.478 e. The lowest BCUT2D eigenvalue weighted by Gasteiger charge is -2.15. The smallest absolute Gasteiger partial charge is 0.338 e. The summed E-state index contributed by atoms with van der Waals surface area (Å²) in [5, 5.41) is 14.5. The molecule has 0 fully saturated rings. The second kappa shape index (κ2) is 6.20. The third-order valence-corrected chi connectivity index (χ3v) is 2.31. The summed E-state index contributed by atoms with van der Waals surface area (Å²) in [6.45, 7) is 5.81. The van der Waals surface area contributed by atoms with Crippen molar-refractivity contribution in [3.8, 4) is 0 Å². The van der Waals surface area contributed by atoms with Crippen molar-refractivity contribution in [2.75, 3.05) is 0 Å². The molecule has 0 saturated heterocycles. The zero-order chi connectivity index (χ0) is 13.7. The Morgan fingerprint density at radius 2 is 2.06 bits per heavy atom. The SMILES string of the molecule is CC(C)NC(=O)C(C)NCc1cc(C(=O)O)co1. The van der Waals surface area contributed by atoms with Crippen LogP contribution in [-0.2, 0) is 11.3 Å². The second-order valence-corrected chi connectivity index (χ2v) is 4.37. The number of hydrogen-bond acceptors (Lipinski definition) is 4. The molecule has 0 aliphatic carbocycles. The van der Waals surface area contributed by atoms with Gasteiger partial charge in [0, 0.05) is 6.04 Å². The van der Waals surface area contributed by atoms with Crippen molar-refractivity contribution in [3.63, 3.8) is 0 Å². The van der Waals surface area contributed by atoms with E-state index in [1.807, 2.05) is 13.8 Å². The van der Waals surface area contributed by atoms with Crippen LogP contribution in [0.5, 0.6) is 0 Å². The fourth-order valence-electron chi connectivity index (χ4n) is 1.34. The van der Waals surface area contributed by atoms with Crippen molar-refractivity contribution < 1.29 is 19.1 Å². The van der Waals surface area contributed by atoms with Crippen LogP contribution in [-0.4, -0.2) is 29.1 Å². The van der Waals surface area contributed by atoms with E-state index in [9.17, 15) is 9.59 Å². The Morgan fingerprint density at radius 1 is 1.39 bits per heavy atom. The molecule has 1 amide bonds. The van der Waals surface area contributed by atoms with Gasteiger partial charge >= 0.3 is 5.97 Å². The number of furan rings is 1. The molecule has 1 unspecified atom stereocenters. The molecule has 0 saturated carbocycles. The molecule has 0 spiro atoms. The summed E-state index contributed by atoms with van der Waals surface area (Å²) >= 11 is 0. The molecule has 0 bridgehead atoms. The second-order valence-electron chi connectivity index (χ2n) is 4.37. The number of rotatable bonds is 6. The quantitative estimate of drug-likeness (QED) is 0.704. The normalized spacial score (nSPS) is 12.4. The zero-order valence-electron chi connectivity index (χ0n) is 10.7. The molecule has 1 aromatic rings. The number of carboxylic acid groups (broad SMARTS) is 1.